The van der Waals surface area contributed by atoms with E-state index in [2.05, 4.69) is 27.0 Å². The van der Waals surface area contributed by atoms with Gasteiger partial charge in [0.2, 0.25) is 0 Å². The summed E-state index contributed by atoms with van der Waals surface area (Å²) < 4.78 is 0. The summed E-state index contributed by atoms with van der Waals surface area (Å²) in [6, 6.07) is 0. The normalized spacial score (nSPS) is 26.5. The predicted molar refractivity (Wildman–Crippen MR) is 93.3 cm³/mol. The Morgan fingerprint density at radius 1 is 1.18 bits per heavy atom. The third-order valence-electron chi connectivity index (χ3n) is 6.35. The Kier molecular flexibility index (Phi) is 5.27. The second-order valence-electron chi connectivity index (χ2n) is 7.67. The molecule has 126 valence electrons. The molecular weight excluding hydrogens is 272 g/mol. The van der Waals surface area contributed by atoms with Gasteiger partial charge in [-0.05, 0) is 69.5 Å². The average Bonchev–Trinajstić information content (AvgIpc) is 2.98. The molecule has 2 saturated heterocycles. The van der Waals surface area contributed by atoms with E-state index in [0.717, 1.165) is 18.4 Å². The molecule has 0 amide bonds. The van der Waals surface area contributed by atoms with Gasteiger partial charge in [-0.2, -0.15) is 0 Å². The Morgan fingerprint density at radius 3 is 2.50 bits per heavy atom. The van der Waals surface area contributed by atoms with Gasteiger partial charge in [0.05, 0.1) is 0 Å². The summed E-state index contributed by atoms with van der Waals surface area (Å²) in [5, 5.41) is 3.63. The fraction of sp³-hybridized carbons (Fsp3) is 0.944. The SMILES string of the molecule is CCN1CCC(CCNC(=NC)N2CCC3(CCC3)C2)CC1. The predicted octanol–water partition coefficient (Wildman–Crippen LogP) is 2.56. The lowest BCUT2D eigenvalue weighted by atomic mass is 9.68. The van der Waals surface area contributed by atoms with Crippen LogP contribution in [0, 0.1) is 11.3 Å². The summed E-state index contributed by atoms with van der Waals surface area (Å²) in [5.74, 6) is 2.06. The van der Waals surface area contributed by atoms with Gasteiger partial charge in [-0.15, -0.1) is 0 Å². The Morgan fingerprint density at radius 2 is 1.95 bits per heavy atom. The summed E-state index contributed by atoms with van der Waals surface area (Å²) in [6.45, 7) is 9.61. The number of nitrogens with zero attached hydrogens (tertiary/aromatic N) is 3. The van der Waals surface area contributed by atoms with Crippen LogP contribution in [0.4, 0.5) is 0 Å². The van der Waals surface area contributed by atoms with Gasteiger partial charge >= 0.3 is 0 Å². The maximum absolute atomic E-state index is 4.53. The van der Waals surface area contributed by atoms with Crippen molar-refractivity contribution in [3.05, 3.63) is 0 Å². The first-order valence-electron chi connectivity index (χ1n) is 9.43. The van der Waals surface area contributed by atoms with E-state index in [-0.39, 0.29) is 0 Å². The van der Waals surface area contributed by atoms with E-state index in [0.29, 0.717) is 5.41 Å². The number of piperidine rings is 1. The Labute approximate surface area is 136 Å². The second-order valence-corrected chi connectivity index (χ2v) is 7.67. The van der Waals surface area contributed by atoms with E-state index >= 15 is 0 Å². The van der Waals surface area contributed by atoms with Crippen molar-refractivity contribution < 1.29 is 0 Å². The molecule has 0 bridgehead atoms. The van der Waals surface area contributed by atoms with Gasteiger partial charge in [0.25, 0.3) is 0 Å². The largest absolute Gasteiger partial charge is 0.356 e. The standard InChI is InChI=1S/C18H34N4/c1-3-21-12-6-16(7-13-21)5-11-20-17(19-2)22-14-10-18(15-22)8-4-9-18/h16H,3-15H2,1-2H3,(H,19,20). The van der Waals surface area contributed by atoms with Crippen LogP contribution >= 0.6 is 0 Å². The Bertz CT molecular complexity index is 381. The minimum Gasteiger partial charge on any atom is -0.356 e. The monoisotopic (exact) mass is 306 g/mol. The Balaban J connectivity index is 1.37. The van der Waals surface area contributed by atoms with E-state index in [1.165, 1.54) is 77.7 Å². The summed E-state index contributed by atoms with van der Waals surface area (Å²) in [6.07, 6.45) is 9.75. The van der Waals surface area contributed by atoms with E-state index < -0.39 is 0 Å². The first-order chi connectivity index (χ1) is 10.7. The summed E-state index contributed by atoms with van der Waals surface area (Å²) in [7, 11) is 1.94. The molecule has 2 aliphatic heterocycles. The molecule has 22 heavy (non-hydrogen) atoms. The van der Waals surface area contributed by atoms with Gasteiger partial charge < -0.3 is 15.1 Å². The van der Waals surface area contributed by atoms with Gasteiger partial charge in [-0.1, -0.05) is 13.3 Å². The highest BCUT2D eigenvalue weighted by atomic mass is 15.3. The van der Waals surface area contributed by atoms with E-state index in [1.807, 2.05) is 7.05 Å². The van der Waals surface area contributed by atoms with Crippen LogP contribution in [0.2, 0.25) is 0 Å². The lowest BCUT2D eigenvalue weighted by molar-refractivity contribution is 0.151. The third kappa shape index (κ3) is 3.58. The van der Waals surface area contributed by atoms with Crippen molar-refractivity contribution in [1.82, 2.24) is 15.1 Å². The first kappa shape index (κ1) is 16.1. The lowest BCUT2D eigenvalue weighted by Crippen LogP contribution is -2.43. The molecule has 0 aromatic carbocycles. The number of guanidine groups is 1. The maximum Gasteiger partial charge on any atom is 0.193 e. The zero-order chi connectivity index (χ0) is 15.4. The fourth-order valence-corrected chi connectivity index (χ4v) is 4.51. The molecule has 3 aliphatic rings. The molecule has 0 aromatic heterocycles. The highest BCUT2D eigenvalue weighted by Gasteiger charge is 2.43. The van der Waals surface area contributed by atoms with Crippen molar-refractivity contribution in [3.8, 4) is 0 Å². The van der Waals surface area contributed by atoms with Crippen LogP contribution in [-0.2, 0) is 0 Å². The zero-order valence-electron chi connectivity index (χ0n) is 14.6. The van der Waals surface area contributed by atoms with Gasteiger partial charge in [-0.25, -0.2) is 0 Å². The van der Waals surface area contributed by atoms with Crippen LogP contribution in [0.1, 0.15) is 51.9 Å². The van der Waals surface area contributed by atoms with E-state index in [4.69, 9.17) is 0 Å². The molecule has 3 rings (SSSR count). The van der Waals surface area contributed by atoms with Crippen molar-refractivity contribution in [2.75, 3.05) is 46.3 Å². The number of hydrogen-bond acceptors (Lipinski definition) is 2. The van der Waals surface area contributed by atoms with Crippen LogP contribution in [0.3, 0.4) is 0 Å². The zero-order valence-corrected chi connectivity index (χ0v) is 14.6. The topological polar surface area (TPSA) is 30.9 Å². The summed E-state index contributed by atoms with van der Waals surface area (Å²) >= 11 is 0. The smallest absolute Gasteiger partial charge is 0.193 e. The molecular formula is C18H34N4. The molecule has 1 N–H and O–H groups in total. The molecule has 4 nitrogen and oxygen atoms in total. The van der Waals surface area contributed by atoms with E-state index in [1.54, 1.807) is 0 Å². The van der Waals surface area contributed by atoms with Crippen molar-refractivity contribution in [1.29, 1.82) is 0 Å². The summed E-state index contributed by atoms with van der Waals surface area (Å²) in [5.41, 5.74) is 0.657. The lowest BCUT2D eigenvalue weighted by Gasteiger charge is -2.38. The third-order valence-corrected chi connectivity index (χ3v) is 6.35. The number of nitrogens with one attached hydrogen (secondary N) is 1. The van der Waals surface area contributed by atoms with Crippen LogP contribution in [0.15, 0.2) is 4.99 Å². The molecule has 1 spiro atoms. The Hall–Kier alpha value is -0.770. The first-order valence-corrected chi connectivity index (χ1v) is 9.43. The number of hydrogen-bond donors (Lipinski definition) is 1. The molecule has 2 heterocycles. The second kappa shape index (κ2) is 7.20. The van der Waals surface area contributed by atoms with Gasteiger partial charge in [0.15, 0.2) is 5.96 Å². The fourth-order valence-electron chi connectivity index (χ4n) is 4.51. The average molecular weight is 306 g/mol. The van der Waals surface area contributed by atoms with Crippen molar-refractivity contribution in [3.63, 3.8) is 0 Å². The molecule has 0 atom stereocenters. The van der Waals surface area contributed by atoms with Crippen LogP contribution in [0.5, 0.6) is 0 Å². The van der Waals surface area contributed by atoms with Crippen LogP contribution in [0.25, 0.3) is 0 Å². The van der Waals surface area contributed by atoms with Gasteiger partial charge in [0.1, 0.15) is 0 Å². The molecule has 0 radical (unpaired) electrons. The van der Waals surface area contributed by atoms with Gasteiger partial charge in [-0.3, -0.25) is 4.99 Å². The quantitative estimate of drug-likeness (QED) is 0.640. The van der Waals surface area contributed by atoms with Crippen molar-refractivity contribution >= 4 is 5.96 Å². The number of likely N-dealkylation sites (tertiary alicyclic amines) is 2. The highest BCUT2D eigenvalue weighted by molar-refractivity contribution is 5.80. The molecule has 0 aromatic rings. The van der Waals surface area contributed by atoms with Crippen molar-refractivity contribution in [2.24, 2.45) is 16.3 Å². The summed E-state index contributed by atoms with van der Waals surface area (Å²) in [4.78, 5) is 9.60. The molecule has 0 unspecified atom stereocenters. The van der Waals surface area contributed by atoms with E-state index in [9.17, 15) is 0 Å². The number of aliphatic imine (C=N–C) groups is 1. The molecule has 3 fully saturated rings. The minimum absolute atomic E-state index is 0.657. The molecule has 1 aliphatic carbocycles. The van der Waals surface area contributed by atoms with Crippen LogP contribution < -0.4 is 5.32 Å². The highest BCUT2D eigenvalue weighted by Crippen LogP contribution is 2.47. The molecule has 1 saturated carbocycles. The minimum atomic E-state index is 0.657. The van der Waals surface area contributed by atoms with Crippen molar-refractivity contribution in [2.45, 2.75) is 51.9 Å². The molecule has 4 heteroatoms. The maximum atomic E-state index is 4.53. The van der Waals surface area contributed by atoms with Gasteiger partial charge in [0, 0.05) is 26.7 Å². The number of rotatable bonds is 4. The van der Waals surface area contributed by atoms with Crippen LogP contribution in [-0.4, -0.2) is 62.1 Å².